The number of hydrogen-bond donors (Lipinski definition) is 1. The first kappa shape index (κ1) is 16.3. The van der Waals surface area contributed by atoms with Crippen LogP contribution in [0.5, 0.6) is 0 Å². The van der Waals surface area contributed by atoms with E-state index in [1.165, 1.54) is 11.1 Å². The van der Waals surface area contributed by atoms with Crippen LogP contribution in [0.15, 0.2) is 22.3 Å². The lowest BCUT2D eigenvalue weighted by atomic mass is 9.86. The summed E-state index contributed by atoms with van der Waals surface area (Å²) in [7, 11) is 0. The van der Waals surface area contributed by atoms with Crippen LogP contribution in [0.25, 0.3) is 15.7 Å². The molecule has 7 heteroatoms. The van der Waals surface area contributed by atoms with Crippen molar-refractivity contribution < 1.29 is 4.79 Å². The summed E-state index contributed by atoms with van der Waals surface area (Å²) < 4.78 is 3.16. The van der Waals surface area contributed by atoms with Gasteiger partial charge in [0.15, 0.2) is 0 Å². The third kappa shape index (κ3) is 2.86. The molecule has 1 N–H and O–H groups in total. The summed E-state index contributed by atoms with van der Waals surface area (Å²) in [5.74, 6) is 1.07. The number of carbonyl (C=O) groups is 1. The van der Waals surface area contributed by atoms with Crippen LogP contribution in [0.4, 0.5) is 0 Å². The molecule has 132 valence electrons. The van der Waals surface area contributed by atoms with Crippen molar-refractivity contribution in [2.45, 2.75) is 52.1 Å². The number of carbonyl (C=O) groups excluding carboxylic acids is 1. The lowest BCUT2D eigenvalue weighted by Crippen LogP contribution is -2.44. The van der Waals surface area contributed by atoms with Crippen molar-refractivity contribution in [1.82, 2.24) is 19.5 Å². The quantitative estimate of drug-likeness (QED) is 0.783. The molecule has 0 radical (unpaired) electrons. The summed E-state index contributed by atoms with van der Waals surface area (Å²) in [5, 5.41) is 10.5. The standard InChI is InChI=1S/C18H22N4O2S/c1-11-5-3-4-6-14(11)19-16(23)10-21-17(24)15-9-13-7-8-25-18(13)22(15)12(2)20-21/h7-9,11,14H,3-6,10H2,1-2H3,(H,19,23)/t11-,14-/m0/s1. The predicted octanol–water partition coefficient (Wildman–Crippen LogP) is 2.71. The first-order valence-electron chi connectivity index (χ1n) is 8.80. The highest BCUT2D eigenvalue weighted by Gasteiger charge is 2.23. The molecule has 0 saturated heterocycles. The van der Waals surface area contributed by atoms with Gasteiger partial charge in [0.2, 0.25) is 5.91 Å². The minimum atomic E-state index is -0.221. The van der Waals surface area contributed by atoms with Crippen LogP contribution in [0.2, 0.25) is 0 Å². The SMILES string of the molecule is Cc1nn(CC(=O)N[C@H]2CCCC[C@@H]2C)c(=O)c2cc3ccsc3n12. The summed E-state index contributed by atoms with van der Waals surface area (Å²) in [5.41, 5.74) is 0.356. The zero-order valence-electron chi connectivity index (χ0n) is 14.5. The van der Waals surface area contributed by atoms with E-state index < -0.39 is 0 Å². The molecule has 3 heterocycles. The Morgan fingerprint density at radius 3 is 3.00 bits per heavy atom. The summed E-state index contributed by atoms with van der Waals surface area (Å²) in [6, 6.07) is 4.08. The largest absolute Gasteiger partial charge is 0.351 e. The third-order valence-electron chi connectivity index (χ3n) is 5.20. The van der Waals surface area contributed by atoms with Crippen molar-refractivity contribution in [3.63, 3.8) is 0 Å². The number of nitrogens with one attached hydrogen (secondary N) is 1. The molecule has 1 saturated carbocycles. The summed E-state index contributed by atoms with van der Waals surface area (Å²) in [4.78, 5) is 26.2. The van der Waals surface area contributed by atoms with E-state index in [9.17, 15) is 9.59 Å². The van der Waals surface area contributed by atoms with Crippen LogP contribution in [0.3, 0.4) is 0 Å². The van der Waals surface area contributed by atoms with Gasteiger partial charge in [-0.3, -0.25) is 14.0 Å². The molecule has 0 aliphatic heterocycles. The fourth-order valence-corrected chi connectivity index (χ4v) is 4.77. The number of hydrogen-bond acceptors (Lipinski definition) is 4. The van der Waals surface area contributed by atoms with E-state index >= 15 is 0 Å². The zero-order chi connectivity index (χ0) is 17.6. The van der Waals surface area contributed by atoms with Crippen LogP contribution < -0.4 is 10.9 Å². The highest BCUT2D eigenvalue weighted by atomic mass is 32.1. The van der Waals surface area contributed by atoms with E-state index in [2.05, 4.69) is 17.3 Å². The molecule has 1 fully saturated rings. The van der Waals surface area contributed by atoms with Gasteiger partial charge in [0, 0.05) is 11.4 Å². The molecule has 2 atom stereocenters. The second-order valence-corrected chi connectivity index (χ2v) is 7.89. The Morgan fingerprint density at radius 1 is 1.40 bits per heavy atom. The Bertz CT molecular complexity index is 1000. The summed E-state index contributed by atoms with van der Waals surface area (Å²) in [6.07, 6.45) is 4.55. The van der Waals surface area contributed by atoms with Crippen molar-refractivity contribution >= 4 is 33.0 Å². The molecule has 0 bridgehead atoms. The van der Waals surface area contributed by atoms with Gasteiger partial charge < -0.3 is 5.32 Å². The molecule has 0 unspecified atom stereocenters. The topological polar surface area (TPSA) is 68.4 Å². The lowest BCUT2D eigenvalue weighted by molar-refractivity contribution is -0.123. The summed E-state index contributed by atoms with van der Waals surface area (Å²) in [6.45, 7) is 4.01. The molecular formula is C18H22N4O2S. The van der Waals surface area contributed by atoms with Crippen LogP contribution in [-0.4, -0.2) is 26.1 Å². The van der Waals surface area contributed by atoms with Crippen LogP contribution in [-0.2, 0) is 11.3 Å². The average molecular weight is 358 g/mol. The van der Waals surface area contributed by atoms with E-state index in [1.807, 2.05) is 28.8 Å². The zero-order valence-corrected chi connectivity index (χ0v) is 15.3. The number of amides is 1. The second kappa shape index (κ2) is 6.29. The van der Waals surface area contributed by atoms with Crippen molar-refractivity contribution in [1.29, 1.82) is 0 Å². The van der Waals surface area contributed by atoms with E-state index in [4.69, 9.17) is 0 Å². The fraction of sp³-hybridized carbons (Fsp3) is 0.500. The Kier molecular flexibility index (Phi) is 4.11. The Hall–Kier alpha value is -2.15. The minimum absolute atomic E-state index is 0.0295. The van der Waals surface area contributed by atoms with Gasteiger partial charge in [-0.05, 0) is 43.2 Å². The number of aromatic nitrogens is 3. The number of rotatable bonds is 3. The highest BCUT2D eigenvalue weighted by Crippen LogP contribution is 2.25. The molecule has 6 nitrogen and oxygen atoms in total. The van der Waals surface area contributed by atoms with Crippen molar-refractivity contribution in [3.8, 4) is 0 Å². The molecule has 4 rings (SSSR count). The fourth-order valence-electron chi connectivity index (χ4n) is 3.83. The minimum Gasteiger partial charge on any atom is -0.351 e. The Labute approximate surface area is 149 Å². The average Bonchev–Trinajstić information content (AvgIpc) is 3.15. The van der Waals surface area contributed by atoms with E-state index in [-0.39, 0.29) is 24.1 Å². The van der Waals surface area contributed by atoms with Gasteiger partial charge in [0.05, 0.1) is 0 Å². The molecule has 3 aromatic rings. The number of thiophene rings is 1. The van der Waals surface area contributed by atoms with Crippen molar-refractivity contribution in [2.75, 3.05) is 0 Å². The monoisotopic (exact) mass is 358 g/mol. The maximum atomic E-state index is 12.7. The van der Waals surface area contributed by atoms with Gasteiger partial charge in [-0.1, -0.05) is 19.8 Å². The maximum Gasteiger partial charge on any atom is 0.291 e. The van der Waals surface area contributed by atoms with E-state index in [1.54, 1.807) is 11.3 Å². The lowest BCUT2D eigenvalue weighted by Gasteiger charge is -2.29. The molecule has 25 heavy (non-hydrogen) atoms. The maximum absolute atomic E-state index is 12.7. The molecule has 1 amide bonds. The number of nitrogens with zero attached hydrogens (tertiary/aromatic N) is 3. The molecule has 3 aromatic heterocycles. The van der Waals surface area contributed by atoms with Gasteiger partial charge in [-0.2, -0.15) is 5.10 Å². The Balaban J connectivity index is 1.62. The van der Waals surface area contributed by atoms with E-state index in [0.29, 0.717) is 17.3 Å². The number of fused-ring (bicyclic) bond motifs is 3. The van der Waals surface area contributed by atoms with Gasteiger partial charge in [0.25, 0.3) is 5.56 Å². The molecule has 1 aliphatic carbocycles. The van der Waals surface area contributed by atoms with Crippen LogP contribution in [0, 0.1) is 12.8 Å². The number of aryl methyl sites for hydroxylation is 1. The highest BCUT2D eigenvalue weighted by molar-refractivity contribution is 7.16. The first-order chi connectivity index (χ1) is 12.0. The van der Waals surface area contributed by atoms with E-state index in [0.717, 1.165) is 29.5 Å². The third-order valence-corrected chi connectivity index (χ3v) is 6.12. The molecule has 0 spiro atoms. The normalized spacial score (nSPS) is 21.0. The first-order valence-corrected chi connectivity index (χ1v) is 9.68. The van der Waals surface area contributed by atoms with Gasteiger partial charge in [-0.25, -0.2) is 4.68 Å². The summed E-state index contributed by atoms with van der Waals surface area (Å²) >= 11 is 1.59. The second-order valence-electron chi connectivity index (χ2n) is 6.99. The van der Waals surface area contributed by atoms with Gasteiger partial charge >= 0.3 is 0 Å². The molecular weight excluding hydrogens is 336 g/mol. The van der Waals surface area contributed by atoms with Crippen molar-refractivity contribution in [2.24, 2.45) is 5.92 Å². The molecule has 1 aliphatic rings. The molecule has 0 aromatic carbocycles. The van der Waals surface area contributed by atoms with Gasteiger partial charge in [-0.15, -0.1) is 11.3 Å². The smallest absolute Gasteiger partial charge is 0.291 e. The van der Waals surface area contributed by atoms with Crippen LogP contribution >= 0.6 is 11.3 Å². The van der Waals surface area contributed by atoms with Crippen molar-refractivity contribution in [3.05, 3.63) is 33.7 Å². The van der Waals surface area contributed by atoms with Gasteiger partial charge in [0.1, 0.15) is 22.7 Å². The van der Waals surface area contributed by atoms with Crippen LogP contribution in [0.1, 0.15) is 38.4 Å². The Morgan fingerprint density at radius 2 is 2.20 bits per heavy atom. The predicted molar refractivity (Wildman–Crippen MR) is 99.1 cm³/mol.